The van der Waals surface area contributed by atoms with Crippen molar-refractivity contribution in [1.29, 1.82) is 0 Å². The number of ether oxygens (including phenoxy) is 2. The summed E-state index contributed by atoms with van der Waals surface area (Å²) in [5.74, 6) is -1.23. The van der Waals surface area contributed by atoms with E-state index < -0.39 is 47.5 Å². The Morgan fingerprint density at radius 3 is 2.16 bits per heavy atom. The maximum Gasteiger partial charge on any atom is 0.411 e. The minimum Gasteiger partial charge on any atom is -0.458 e. The summed E-state index contributed by atoms with van der Waals surface area (Å²) in [4.78, 5) is 39.8. The van der Waals surface area contributed by atoms with Gasteiger partial charge in [0.25, 0.3) is 0 Å². The van der Waals surface area contributed by atoms with E-state index in [1.54, 1.807) is 47.6 Å². The van der Waals surface area contributed by atoms with Crippen molar-refractivity contribution in [1.82, 2.24) is 10.2 Å². The molecule has 0 unspecified atom stereocenters. The third kappa shape index (κ3) is 7.97. The highest BCUT2D eigenvalue weighted by molar-refractivity contribution is 5.83. The summed E-state index contributed by atoms with van der Waals surface area (Å²) < 4.78 is 11.2. The Morgan fingerprint density at radius 1 is 1.16 bits per heavy atom. The van der Waals surface area contributed by atoms with Crippen molar-refractivity contribution < 1.29 is 29.0 Å². The van der Waals surface area contributed by atoms with Crippen molar-refractivity contribution in [3.05, 3.63) is 24.8 Å². The van der Waals surface area contributed by atoms with Gasteiger partial charge in [-0.05, 0) is 61.3 Å². The molecule has 1 rings (SSSR count). The van der Waals surface area contributed by atoms with Gasteiger partial charge in [-0.3, -0.25) is 9.69 Å². The molecule has 0 aromatic heterocycles. The van der Waals surface area contributed by atoms with Crippen LogP contribution in [0.1, 0.15) is 68.2 Å². The number of nitrogens with one attached hydrogen (secondary N) is 1. The topological polar surface area (TPSA) is 105 Å². The molecule has 1 aliphatic rings. The number of carbonyl (C=O) groups is 3. The zero-order chi connectivity index (χ0) is 24.9. The molecular formula is C24H40N2O6. The second kappa shape index (κ2) is 11.0. The fourth-order valence-electron chi connectivity index (χ4n) is 3.91. The minimum absolute atomic E-state index is 0.198. The first-order valence-electron chi connectivity index (χ1n) is 11.0. The molecule has 182 valence electrons. The highest BCUT2D eigenvalue weighted by Gasteiger charge is 2.53. The summed E-state index contributed by atoms with van der Waals surface area (Å²) in [6.07, 6.45) is 4.00. The first kappa shape index (κ1) is 27.7. The Bertz CT molecular complexity index is 719. The lowest BCUT2D eigenvalue weighted by molar-refractivity contribution is -0.160. The van der Waals surface area contributed by atoms with Crippen LogP contribution in [0.4, 0.5) is 4.79 Å². The van der Waals surface area contributed by atoms with Crippen LogP contribution in [0.5, 0.6) is 0 Å². The second-order valence-electron chi connectivity index (χ2n) is 10.2. The fraction of sp³-hybridized carbons (Fsp3) is 0.708. The number of carbonyl (C=O) groups excluding carboxylic acids is 3. The van der Waals surface area contributed by atoms with Crippen LogP contribution in [-0.4, -0.2) is 63.4 Å². The molecule has 8 heteroatoms. The molecule has 0 saturated carbocycles. The number of nitrogens with zero attached hydrogens (tertiary/aromatic N) is 1. The van der Waals surface area contributed by atoms with Crippen LogP contribution in [0.2, 0.25) is 0 Å². The summed E-state index contributed by atoms with van der Waals surface area (Å²) in [5.41, 5.74) is -1.55. The molecule has 5 atom stereocenters. The summed E-state index contributed by atoms with van der Waals surface area (Å²) in [5, 5.41) is 13.6. The smallest absolute Gasteiger partial charge is 0.411 e. The van der Waals surface area contributed by atoms with Gasteiger partial charge < -0.3 is 19.9 Å². The van der Waals surface area contributed by atoms with E-state index in [-0.39, 0.29) is 24.7 Å². The van der Waals surface area contributed by atoms with Crippen LogP contribution in [-0.2, 0) is 19.1 Å². The number of hydrogen-bond donors (Lipinski definition) is 2. The second-order valence-corrected chi connectivity index (χ2v) is 10.2. The van der Waals surface area contributed by atoms with Crippen LogP contribution < -0.4 is 5.32 Å². The van der Waals surface area contributed by atoms with E-state index in [1.165, 1.54) is 11.8 Å². The molecule has 2 amide bonds. The lowest BCUT2D eigenvalue weighted by atomic mass is 9.88. The van der Waals surface area contributed by atoms with Gasteiger partial charge in [0.15, 0.2) is 0 Å². The van der Waals surface area contributed by atoms with Crippen molar-refractivity contribution >= 4 is 18.0 Å². The number of hydrogen-bond acceptors (Lipinski definition) is 6. The van der Waals surface area contributed by atoms with E-state index in [0.717, 1.165) is 0 Å². The van der Waals surface area contributed by atoms with Crippen LogP contribution in [0.15, 0.2) is 24.8 Å². The molecule has 0 aliphatic carbocycles. The van der Waals surface area contributed by atoms with Gasteiger partial charge >= 0.3 is 12.1 Å². The molecule has 2 N–H and O–H groups in total. The van der Waals surface area contributed by atoms with E-state index in [2.05, 4.69) is 11.9 Å². The number of allylic oxidation sites excluding steroid dienone is 1. The van der Waals surface area contributed by atoms with Gasteiger partial charge in [0.2, 0.25) is 5.91 Å². The maximum atomic E-state index is 13.3. The Labute approximate surface area is 192 Å². The van der Waals surface area contributed by atoms with E-state index in [4.69, 9.17) is 9.47 Å². The van der Waals surface area contributed by atoms with E-state index in [9.17, 15) is 19.5 Å². The molecule has 0 spiro atoms. The van der Waals surface area contributed by atoms with Crippen molar-refractivity contribution in [2.75, 3.05) is 0 Å². The fourth-order valence-corrected chi connectivity index (χ4v) is 3.91. The van der Waals surface area contributed by atoms with Gasteiger partial charge in [-0.2, -0.15) is 0 Å². The maximum absolute atomic E-state index is 13.3. The first-order valence-corrected chi connectivity index (χ1v) is 11.0. The van der Waals surface area contributed by atoms with Crippen molar-refractivity contribution in [3.8, 4) is 0 Å². The molecule has 1 saturated heterocycles. The molecule has 8 nitrogen and oxygen atoms in total. The largest absolute Gasteiger partial charge is 0.458 e. The van der Waals surface area contributed by atoms with Gasteiger partial charge in [-0.1, -0.05) is 18.2 Å². The number of aliphatic hydroxyl groups is 1. The molecule has 32 heavy (non-hydrogen) atoms. The molecule has 0 aromatic rings. The van der Waals surface area contributed by atoms with Crippen LogP contribution in [0.3, 0.4) is 0 Å². The lowest BCUT2D eigenvalue weighted by Gasteiger charge is -2.39. The average Bonchev–Trinajstić information content (AvgIpc) is 2.96. The molecule has 1 aliphatic heterocycles. The normalized spacial score (nSPS) is 23.5. The van der Waals surface area contributed by atoms with Gasteiger partial charge in [0.05, 0.1) is 18.2 Å². The number of esters is 1. The van der Waals surface area contributed by atoms with Crippen LogP contribution in [0, 0.1) is 5.92 Å². The van der Waals surface area contributed by atoms with Gasteiger partial charge in [-0.25, -0.2) is 9.59 Å². The zero-order valence-corrected chi connectivity index (χ0v) is 20.7. The van der Waals surface area contributed by atoms with Crippen LogP contribution in [0.25, 0.3) is 0 Å². The Morgan fingerprint density at radius 2 is 1.72 bits per heavy atom. The lowest BCUT2D eigenvalue weighted by Crippen LogP contribution is -2.60. The molecule has 0 bridgehead atoms. The summed E-state index contributed by atoms with van der Waals surface area (Å²) in [7, 11) is 0. The molecule has 1 heterocycles. The summed E-state index contributed by atoms with van der Waals surface area (Å²) >= 11 is 0. The van der Waals surface area contributed by atoms with E-state index in [0.29, 0.717) is 0 Å². The van der Waals surface area contributed by atoms with Crippen LogP contribution >= 0.6 is 0 Å². The zero-order valence-electron chi connectivity index (χ0n) is 20.7. The predicted octanol–water partition coefficient (Wildman–Crippen LogP) is 3.34. The molecule has 0 aromatic carbocycles. The van der Waals surface area contributed by atoms with Crippen molar-refractivity contribution in [3.63, 3.8) is 0 Å². The third-order valence-corrected chi connectivity index (χ3v) is 4.87. The van der Waals surface area contributed by atoms with E-state index >= 15 is 0 Å². The third-order valence-electron chi connectivity index (χ3n) is 4.87. The quantitative estimate of drug-likeness (QED) is 0.453. The Kier molecular flexibility index (Phi) is 9.50. The first-order chi connectivity index (χ1) is 14.6. The standard InChI is InChI=1S/C24H40N2O6/c1-10-12-16-14-17(21(29)31-23(4,5)6)26(22(30)32-24(7,8)9)20(16)19(25-15(3)27)18(28)13-11-2/h10-12,16-20,28H,2,13-14H2,1,3-9H3,(H,25,27)/t16-,17+,18-,19+,20-/m1/s1. The molecule has 0 radical (unpaired) electrons. The van der Waals surface area contributed by atoms with Gasteiger partial charge in [0, 0.05) is 12.8 Å². The number of rotatable bonds is 7. The molecular weight excluding hydrogens is 412 g/mol. The summed E-state index contributed by atoms with van der Waals surface area (Å²) in [6, 6.07) is -2.49. The average molecular weight is 453 g/mol. The van der Waals surface area contributed by atoms with Gasteiger partial charge in [-0.15, -0.1) is 6.58 Å². The number of amides is 2. The van der Waals surface area contributed by atoms with Crippen molar-refractivity contribution in [2.45, 2.75) is 104 Å². The Balaban J connectivity index is 3.57. The molecule has 1 fully saturated rings. The summed E-state index contributed by atoms with van der Waals surface area (Å²) in [6.45, 7) is 17.3. The Hall–Kier alpha value is -2.35. The van der Waals surface area contributed by atoms with E-state index in [1.807, 2.05) is 19.1 Å². The number of likely N-dealkylation sites (tertiary alicyclic amines) is 1. The highest BCUT2D eigenvalue weighted by Crippen LogP contribution is 2.37. The highest BCUT2D eigenvalue weighted by atomic mass is 16.6. The van der Waals surface area contributed by atoms with Gasteiger partial charge in [0.1, 0.15) is 17.2 Å². The number of aliphatic hydroxyl groups excluding tert-OH is 1. The predicted molar refractivity (Wildman–Crippen MR) is 123 cm³/mol. The monoisotopic (exact) mass is 452 g/mol. The SMILES string of the molecule is C=CC[C@@H](O)[C@H](NC(C)=O)[C@H]1[C@H](C=CC)C[C@@H](C(=O)OC(C)(C)C)N1C(=O)OC(C)(C)C. The minimum atomic E-state index is -1.02. The van der Waals surface area contributed by atoms with Crippen molar-refractivity contribution in [2.24, 2.45) is 5.92 Å².